The number of nitrogens with one attached hydrogen (secondary N) is 1. The lowest BCUT2D eigenvalue weighted by Gasteiger charge is -2.46. The van der Waals surface area contributed by atoms with Crippen LogP contribution < -0.4 is 9.47 Å². The van der Waals surface area contributed by atoms with Gasteiger partial charge < -0.3 is 24.3 Å². The van der Waals surface area contributed by atoms with Crippen LogP contribution in [0.5, 0.6) is 11.5 Å². The number of likely N-dealkylation sites (N-methyl/N-ethyl adjacent to an activating group) is 1. The quantitative estimate of drug-likeness (QED) is 0.678. The lowest BCUT2D eigenvalue weighted by atomic mass is 9.84. The summed E-state index contributed by atoms with van der Waals surface area (Å²) in [6.07, 6.45) is 0.508. The van der Waals surface area contributed by atoms with Crippen molar-refractivity contribution in [3.63, 3.8) is 0 Å². The first-order chi connectivity index (χ1) is 14.5. The highest BCUT2D eigenvalue weighted by Gasteiger charge is 2.48. The minimum absolute atomic E-state index is 0.0195. The Kier molecular flexibility index (Phi) is 3.48. The van der Waals surface area contributed by atoms with Gasteiger partial charge in [-0.05, 0) is 30.2 Å². The molecule has 7 heteroatoms. The summed E-state index contributed by atoms with van der Waals surface area (Å²) in [6, 6.07) is 11.1. The van der Waals surface area contributed by atoms with Gasteiger partial charge in [0, 0.05) is 35.6 Å². The number of para-hydroxylation sites is 1. The summed E-state index contributed by atoms with van der Waals surface area (Å²) in [5.41, 5.74) is 4.96. The van der Waals surface area contributed by atoms with Crippen LogP contribution in [0.4, 0.5) is 0 Å². The normalized spacial score (nSPS) is 22.5. The molecule has 3 aromatic rings. The van der Waals surface area contributed by atoms with Crippen molar-refractivity contribution >= 4 is 22.7 Å². The second-order valence-corrected chi connectivity index (χ2v) is 8.19. The van der Waals surface area contributed by atoms with E-state index in [-0.39, 0.29) is 31.2 Å². The number of carbonyl (C=O) groups excluding carboxylic acids is 2. The van der Waals surface area contributed by atoms with Gasteiger partial charge in [0.2, 0.25) is 18.6 Å². The Morgan fingerprint density at radius 3 is 2.80 bits per heavy atom. The van der Waals surface area contributed by atoms with Crippen LogP contribution in [-0.4, -0.2) is 53.0 Å². The summed E-state index contributed by atoms with van der Waals surface area (Å²) in [6.45, 7) is 2.26. The highest BCUT2D eigenvalue weighted by molar-refractivity contribution is 5.97. The lowest BCUT2D eigenvalue weighted by Crippen LogP contribution is -2.62. The molecule has 0 bridgehead atoms. The van der Waals surface area contributed by atoms with E-state index in [0.717, 1.165) is 33.3 Å². The number of fused-ring (bicyclic) bond motifs is 5. The van der Waals surface area contributed by atoms with Gasteiger partial charge in [0.1, 0.15) is 6.04 Å². The zero-order chi connectivity index (χ0) is 20.6. The minimum atomic E-state index is -0.516. The molecule has 1 N–H and O–H groups in total. The summed E-state index contributed by atoms with van der Waals surface area (Å²) in [5, 5.41) is 1.10. The molecular weight excluding hydrogens is 382 g/mol. The largest absolute Gasteiger partial charge is 0.454 e. The Balaban J connectivity index is 1.62. The Bertz CT molecular complexity index is 1230. The van der Waals surface area contributed by atoms with E-state index in [1.165, 1.54) is 4.90 Å². The second kappa shape index (κ2) is 6.01. The number of H-pyrrole nitrogens is 1. The van der Waals surface area contributed by atoms with Crippen molar-refractivity contribution in [2.45, 2.75) is 25.4 Å². The van der Waals surface area contributed by atoms with Gasteiger partial charge in [0.15, 0.2) is 11.5 Å². The van der Waals surface area contributed by atoms with Gasteiger partial charge in [-0.2, -0.15) is 0 Å². The third-order valence-corrected chi connectivity index (χ3v) is 6.58. The van der Waals surface area contributed by atoms with Crippen LogP contribution in [0.2, 0.25) is 0 Å². The SMILES string of the molecule is Cc1c([C@@H]2c3[nH]c4ccccc4c3C[C@@H]3C(=O)N(C)CC(=O)N23)ccc2c1OCO2. The van der Waals surface area contributed by atoms with Crippen LogP contribution in [0, 0.1) is 6.92 Å². The monoisotopic (exact) mass is 403 g/mol. The van der Waals surface area contributed by atoms with E-state index >= 15 is 0 Å². The van der Waals surface area contributed by atoms with Crippen molar-refractivity contribution < 1.29 is 19.1 Å². The molecular formula is C23H21N3O4. The number of aromatic nitrogens is 1. The van der Waals surface area contributed by atoms with Crippen molar-refractivity contribution in [3.8, 4) is 11.5 Å². The lowest BCUT2D eigenvalue weighted by molar-refractivity contribution is -0.157. The molecule has 0 unspecified atom stereocenters. The Hall–Kier alpha value is -3.48. The molecule has 152 valence electrons. The highest BCUT2D eigenvalue weighted by Crippen LogP contribution is 2.46. The Morgan fingerprint density at radius 1 is 1.10 bits per heavy atom. The van der Waals surface area contributed by atoms with Crippen LogP contribution in [0.3, 0.4) is 0 Å². The summed E-state index contributed by atoms with van der Waals surface area (Å²) >= 11 is 0. The van der Waals surface area contributed by atoms with Crippen LogP contribution in [0.25, 0.3) is 10.9 Å². The summed E-state index contributed by atoms with van der Waals surface area (Å²) in [4.78, 5) is 33.2. The number of aromatic amines is 1. The first-order valence-electron chi connectivity index (χ1n) is 10.1. The van der Waals surface area contributed by atoms with E-state index in [9.17, 15) is 9.59 Å². The predicted molar refractivity (Wildman–Crippen MR) is 109 cm³/mol. The maximum atomic E-state index is 13.2. The van der Waals surface area contributed by atoms with E-state index < -0.39 is 6.04 Å². The van der Waals surface area contributed by atoms with Gasteiger partial charge in [-0.3, -0.25) is 9.59 Å². The van der Waals surface area contributed by atoms with Crippen molar-refractivity contribution in [1.82, 2.24) is 14.8 Å². The van der Waals surface area contributed by atoms with Gasteiger partial charge in [0.25, 0.3) is 0 Å². The fourth-order valence-electron chi connectivity index (χ4n) is 5.15. The van der Waals surface area contributed by atoms with E-state index in [0.29, 0.717) is 17.9 Å². The van der Waals surface area contributed by atoms with Gasteiger partial charge in [0.05, 0.1) is 12.6 Å². The standard InChI is InChI=1S/C23H21N3O4/c1-12-13(7-8-18-22(12)30-11-29-18)21-20-15(14-5-3-4-6-16(14)24-20)9-17-23(28)25(2)10-19(27)26(17)21/h3-8,17,21,24H,9-11H2,1-2H3/t17-,21-/m1/s1. The second-order valence-electron chi connectivity index (χ2n) is 8.19. The van der Waals surface area contributed by atoms with Gasteiger partial charge in [-0.15, -0.1) is 0 Å². The average molecular weight is 403 g/mol. The number of amides is 2. The molecule has 7 nitrogen and oxygen atoms in total. The van der Waals surface area contributed by atoms with Crippen LogP contribution in [0.1, 0.15) is 28.4 Å². The highest BCUT2D eigenvalue weighted by atomic mass is 16.7. The maximum absolute atomic E-state index is 13.2. The van der Waals surface area contributed by atoms with Crippen molar-refractivity contribution in [3.05, 3.63) is 58.8 Å². The third-order valence-electron chi connectivity index (χ3n) is 6.58. The number of piperazine rings is 1. The topological polar surface area (TPSA) is 74.9 Å². The first kappa shape index (κ1) is 17.4. The molecule has 0 saturated carbocycles. The molecule has 2 amide bonds. The molecule has 30 heavy (non-hydrogen) atoms. The zero-order valence-corrected chi connectivity index (χ0v) is 16.8. The molecule has 1 saturated heterocycles. The smallest absolute Gasteiger partial charge is 0.245 e. The Morgan fingerprint density at radius 2 is 1.93 bits per heavy atom. The molecule has 1 fully saturated rings. The fourth-order valence-corrected chi connectivity index (χ4v) is 5.15. The molecule has 3 aliphatic heterocycles. The molecule has 4 heterocycles. The minimum Gasteiger partial charge on any atom is -0.454 e. The van der Waals surface area contributed by atoms with Crippen molar-refractivity contribution in [1.29, 1.82) is 0 Å². The van der Waals surface area contributed by atoms with Crippen molar-refractivity contribution in [2.75, 3.05) is 20.4 Å². The van der Waals surface area contributed by atoms with Crippen molar-refractivity contribution in [2.24, 2.45) is 0 Å². The Labute approximate surface area is 173 Å². The molecule has 2 atom stereocenters. The number of benzene rings is 2. The summed E-state index contributed by atoms with van der Waals surface area (Å²) in [7, 11) is 1.70. The molecule has 0 spiro atoms. The van der Waals surface area contributed by atoms with E-state index in [1.54, 1.807) is 11.9 Å². The predicted octanol–water partition coefficient (Wildman–Crippen LogP) is 2.52. The zero-order valence-electron chi connectivity index (χ0n) is 16.8. The first-order valence-corrected chi connectivity index (χ1v) is 10.1. The number of ether oxygens (including phenoxy) is 2. The van der Waals surface area contributed by atoms with Crippen LogP contribution >= 0.6 is 0 Å². The molecule has 3 aliphatic rings. The fraction of sp³-hybridized carbons (Fsp3) is 0.304. The maximum Gasteiger partial charge on any atom is 0.245 e. The van der Waals surface area contributed by atoms with Gasteiger partial charge in [-0.25, -0.2) is 0 Å². The third kappa shape index (κ3) is 2.20. The van der Waals surface area contributed by atoms with Crippen LogP contribution in [-0.2, 0) is 16.0 Å². The van der Waals surface area contributed by atoms with E-state index in [4.69, 9.17) is 9.47 Å². The molecule has 2 aromatic carbocycles. The number of nitrogens with zero attached hydrogens (tertiary/aromatic N) is 2. The van der Waals surface area contributed by atoms with Gasteiger partial charge >= 0.3 is 0 Å². The number of rotatable bonds is 1. The van der Waals surface area contributed by atoms with E-state index in [2.05, 4.69) is 11.1 Å². The average Bonchev–Trinajstić information content (AvgIpc) is 3.36. The van der Waals surface area contributed by atoms with Gasteiger partial charge in [-0.1, -0.05) is 24.3 Å². The van der Waals surface area contributed by atoms with Crippen LogP contribution in [0.15, 0.2) is 36.4 Å². The molecule has 0 radical (unpaired) electrons. The summed E-state index contributed by atoms with van der Waals surface area (Å²) in [5.74, 6) is 1.35. The number of hydrogen-bond acceptors (Lipinski definition) is 4. The van der Waals surface area contributed by atoms with E-state index in [1.807, 2.05) is 37.3 Å². The molecule has 1 aromatic heterocycles. The molecule has 0 aliphatic carbocycles. The number of hydrogen-bond donors (Lipinski definition) is 1. The molecule has 6 rings (SSSR count). The number of carbonyl (C=O) groups is 2. The summed E-state index contributed by atoms with van der Waals surface area (Å²) < 4.78 is 11.2.